The molecule has 3 rings (SSSR count). The Hall–Kier alpha value is -3.35. The fourth-order valence-corrected chi connectivity index (χ4v) is 3.65. The molecular formula is C23H27N3O4. The molecule has 1 aliphatic rings. The molecule has 3 amide bonds. The molecule has 2 aromatic carbocycles. The van der Waals surface area contributed by atoms with Crippen LogP contribution in [0, 0.1) is 0 Å². The number of ether oxygens (including phenoxy) is 1. The molecule has 1 fully saturated rings. The van der Waals surface area contributed by atoms with Crippen molar-refractivity contribution in [1.82, 2.24) is 10.2 Å². The molecule has 1 saturated heterocycles. The first-order chi connectivity index (χ1) is 14.5. The van der Waals surface area contributed by atoms with E-state index >= 15 is 0 Å². The second-order valence-electron chi connectivity index (χ2n) is 7.35. The van der Waals surface area contributed by atoms with Gasteiger partial charge in [0.25, 0.3) is 0 Å². The van der Waals surface area contributed by atoms with E-state index in [1.165, 1.54) is 4.90 Å². The third-order valence-corrected chi connectivity index (χ3v) is 5.22. The van der Waals surface area contributed by atoms with Crippen LogP contribution in [-0.4, -0.2) is 48.4 Å². The van der Waals surface area contributed by atoms with E-state index in [0.29, 0.717) is 26.0 Å². The summed E-state index contributed by atoms with van der Waals surface area (Å²) in [5.41, 5.74) is 6.59. The lowest BCUT2D eigenvalue weighted by Gasteiger charge is -2.22. The van der Waals surface area contributed by atoms with E-state index in [4.69, 9.17) is 10.5 Å². The number of amides is 3. The lowest BCUT2D eigenvalue weighted by Crippen LogP contribution is -2.47. The molecule has 0 bridgehead atoms. The fraction of sp³-hybridized carbons (Fsp3) is 0.348. The molecule has 1 heterocycles. The van der Waals surface area contributed by atoms with Crippen molar-refractivity contribution < 1.29 is 19.1 Å². The summed E-state index contributed by atoms with van der Waals surface area (Å²) in [4.78, 5) is 38.0. The van der Waals surface area contributed by atoms with Crippen LogP contribution in [0.25, 0.3) is 0 Å². The summed E-state index contributed by atoms with van der Waals surface area (Å²) < 4.78 is 5.55. The molecule has 1 aliphatic heterocycles. The van der Waals surface area contributed by atoms with Gasteiger partial charge >= 0.3 is 0 Å². The number of primary amides is 1. The van der Waals surface area contributed by atoms with Crippen molar-refractivity contribution in [3.05, 3.63) is 66.2 Å². The number of carbonyl (C=O) groups excluding carboxylic acids is 3. The standard InChI is InChI=1S/C23H27N3O4/c24-23(29)20-14-18(17-8-3-1-4-9-17)16-26(20)22(28)15-25-21(27)12-7-13-30-19-10-5-2-6-11-19/h1-6,8-11,18,20H,7,12-16H2,(H2,24,29)(H,25,27). The van der Waals surface area contributed by atoms with Crippen molar-refractivity contribution in [3.63, 3.8) is 0 Å². The summed E-state index contributed by atoms with van der Waals surface area (Å²) in [6, 6.07) is 18.5. The van der Waals surface area contributed by atoms with E-state index in [0.717, 1.165) is 11.3 Å². The van der Waals surface area contributed by atoms with Gasteiger partial charge in [-0.2, -0.15) is 0 Å². The molecular weight excluding hydrogens is 382 g/mol. The highest BCUT2D eigenvalue weighted by Crippen LogP contribution is 2.31. The van der Waals surface area contributed by atoms with Gasteiger partial charge in [-0.25, -0.2) is 0 Å². The average Bonchev–Trinajstić information content (AvgIpc) is 3.22. The molecule has 0 radical (unpaired) electrons. The van der Waals surface area contributed by atoms with E-state index in [2.05, 4.69) is 5.32 Å². The number of benzene rings is 2. The van der Waals surface area contributed by atoms with Gasteiger partial charge in [-0.3, -0.25) is 14.4 Å². The Bertz CT molecular complexity index is 857. The number of likely N-dealkylation sites (tertiary alicyclic amines) is 1. The first kappa shape index (κ1) is 21.4. The van der Waals surface area contributed by atoms with Crippen LogP contribution in [0.5, 0.6) is 5.75 Å². The third-order valence-electron chi connectivity index (χ3n) is 5.22. The molecule has 30 heavy (non-hydrogen) atoms. The van der Waals surface area contributed by atoms with Crippen LogP contribution in [-0.2, 0) is 14.4 Å². The van der Waals surface area contributed by atoms with Crippen molar-refractivity contribution in [2.75, 3.05) is 19.7 Å². The van der Waals surface area contributed by atoms with E-state index in [9.17, 15) is 14.4 Å². The van der Waals surface area contributed by atoms with Gasteiger partial charge in [0.2, 0.25) is 17.7 Å². The fourth-order valence-electron chi connectivity index (χ4n) is 3.65. The number of nitrogens with one attached hydrogen (secondary N) is 1. The zero-order chi connectivity index (χ0) is 21.3. The van der Waals surface area contributed by atoms with Gasteiger partial charge < -0.3 is 20.7 Å². The predicted molar refractivity (Wildman–Crippen MR) is 113 cm³/mol. The van der Waals surface area contributed by atoms with Gasteiger partial charge in [-0.05, 0) is 30.5 Å². The highest BCUT2D eigenvalue weighted by atomic mass is 16.5. The van der Waals surface area contributed by atoms with Crippen molar-refractivity contribution in [1.29, 1.82) is 0 Å². The molecule has 7 heteroatoms. The van der Waals surface area contributed by atoms with Crippen molar-refractivity contribution in [3.8, 4) is 5.75 Å². The van der Waals surface area contributed by atoms with Crippen LogP contribution in [0.1, 0.15) is 30.7 Å². The lowest BCUT2D eigenvalue weighted by atomic mass is 9.96. The van der Waals surface area contributed by atoms with Crippen LogP contribution >= 0.6 is 0 Å². The summed E-state index contributed by atoms with van der Waals surface area (Å²) in [6.07, 6.45) is 1.29. The Kier molecular flexibility index (Phi) is 7.43. The molecule has 3 N–H and O–H groups in total. The second kappa shape index (κ2) is 10.4. The third kappa shape index (κ3) is 5.83. The quantitative estimate of drug-likeness (QED) is 0.617. The maximum Gasteiger partial charge on any atom is 0.242 e. The number of rotatable bonds is 9. The first-order valence-electron chi connectivity index (χ1n) is 10.1. The monoisotopic (exact) mass is 409 g/mol. The Morgan fingerprint density at radius 1 is 1.03 bits per heavy atom. The van der Waals surface area contributed by atoms with E-state index in [-0.39, 0.29) is 30.7 Å². The van der Waals surface area contributed by atoms with Crippen LogP contribution in [0.4, 0.5) is 0 Å². The summed E-state index contributed by atoms with van der Waals surface area (Å²) in [5.74, 6) is -0.238. The molecule has 0 spiro atoms. The Morgan fingerprint density at radius 2 is 1.70 bits per heavy atom. The number of hydrogen-bond acceptors (Lipinski definition) is 4. The minimum absolute atomic E-state index is 0.0542. The van der Waals surface area contributed by atoms with Gasteiger partial charge in [0.1, 0.15) is 11.8 Å². The highest BCUT2D eigenvalue weighted by Gasteiger charge is 2.38. The van der Waals surface area contributed by atoms with Crippen LogP contribution in [0.3, 0.4) is 0 Å². The number of hydrogen-bond donors (Lipinski definition) is 2. The molecule has 158 valence electrons. The minimum Gasteiger partial charge on any atom is -0.494 e. The predicted octanol–water partition coefficient (Wildman–Crippen LogP) is 1.83. The molecule has 7 nitrogen and oxygen atoms in total. The van der Waals surface area contributed by atoms with Crippen LogP contribution in [0.15, 0.2) is 60.7 Å². The van der Waals surface area contributed by atoms with E-state index < -0.39 is 11.9 Å². The number of nitrogens with two attached hydrogens (primary N) is 1. The van der Waals surface area contributed by atoms with Gasteiger partial charge in [0, 0.05) is 18.9 Å². The maximum atomic E-state index is 12.6. The Morgan fingerprint density at radius 3 is 2.37 bits per heavy atom. The number of nitrogens with zero attached hydrogens (tertiary/aromatic N) is 1. The minimum atomic E-state index is -0.654. The summed E-state index contributed by atoms with van der Waals surface area (Å²) in [5, 5.41) is 2.63. The molecule has 2 unspecified atom stereocenters. The zero-order valence-electron chi connectivity index (χ0n) is 16.8. The molecule has 0 aliphatic carbocycles. The van der Waals surface area contributed by atoms with Gasteiger partial charge in [0.15, 0.2) is 0 Å². The summed E-state index contributed by atoms with van der Waals surface area (Å²) in [7, 11) is 0. The van der Waals surface area contributed by atoms with E-state index in [1.807, 2.05) is 60.7 Å². The van der Waals surface area contributed by atoms with Crippen molar-refractivity contribution >= 4 is 17.7 Å². The zero-order valence-corrected chi connectivity index (χ0v) is 16.8. The first-order valence-corrected chi connectivity index (χ1v) is 10.1. The maximum absolute atomic E-state index is 12.6. The highest BCUT2D eigenvalue weighted by molar-refractivity contribution is 5.90. The summed E-state index contributed by atoms with van der Waals surface area (Å²) >= 11 is 0. The van der Waals surface area contributed by atoms with Gasteiger partial charge in [0.05, 0.1) is 13.2 Å². The summed E-state index contributed by atoms with van der Waals surface area (Å²) in [6.45, 7) is 0.681. The topological polar surface area (TPSA) is 102 Å². The van der Waals surface area contributed by atoms with Gasteiger partial charge in [-0.15, -0.1) is 0 Å². The Labute approximate surface area is 176 Å². The number of carbonyl (C=O) groups is 3. The lowest BCUT2D eigenvalue weighted by molar-refractivity contribution is -0.137. The van der Waals surface area contributed by atoms with Crippen LogP contribution in [0.2, 0.25) is 0 Å². The molecule has 2 aromatic rings. The molecule has 2 atom stereocenters. The SMILES string of the molecule is NC(=O)C1CC(c2ccccc2)CN1C(=O)CNC(=O)CCCOc1ccccc1. The van der Waals surface area contributed by atoms with Crippen LogP contribution < -0.4 is 15.8 Å². The average molecular weight is 409 g/mol. The van der Waals surface area contributed by atoms with Crippen molar-refractivity contribution in [2.45, 2.75) is 31.2 Å². The smallest absolute Gasteiger partial charge is 0.242 e. The normalized spacial score (nSPS) is 18.1. The van der Waals surface area contributed by atoms with Gasteiger partial charge in [-0.1, -0.05) is 48.5 Å². The number of para-hydroxylation sites is 1. The molecule has 0 aromatic heterocycles. The van der Waals surface area contributed by atoms with Crippen molar-refractivity contribution in [2.24, 2.45) is 5.73 Å². The largest absolute Gasteiger partial charge is 0.494 e. The Balaban J connectivity index is 1.43. The second-order valence-corrected chi connectivity index (χ2v) is 7.35. The van der Waals surface area contributed by atoms with E-state index in [1.54, 1.807) is 0 Å². The molecule has 0 saturated carbocycles.